The third-order valence-electron chi connectivity index (χ3n) is 1.90. The molecule has 76 valence electrons. The fraction of sp³-hybridized carbons (Fsp3) is 0.444. The van der Waals surface area contributed by atoms with Crippen LogP contribution in [0.15, 0.2) is 12.5 Å². The molecule has 4 nitrogen and oxygen atoms in total. The molecule has 0 aliphatic carbocycles. The fourth-order valence-corrected chi connectivity index (χ4v) is 1.83. The number of ether oxygens (including phenoxy) is 1. The van der Waals surface area contributed by atoms with Gasteiger partial charge in [-0.05, 0) is 13.2 Å². The minimum atomic E-state index is 0.112. The van der Waals surface area contributed by atoms with Crippen LogP contribution in [0.1, 0.15) is 16.5 Å². The lowest BCUT2D eigenvalue weighted by Crippen LogP contribution is -2.06. The Kier molecular flexibility index (Phi) is 4.39. The highest BCUT2D eigenvalue weighted by Crippen LogP contribution is 2.27. The molecule has 0 spiro atoms. The predicted molar refractivity (Wildman–Crippen MR) is 55.0 cm³/mol. The number of rotatable bonds is 5. The Hall–Kier alpha value is -1.10. The molecule has 0 aliphatic rings. The molecule has 1 rings (SSSR count). The molecular weight excluding hydrogens is 200 g/mol. The summed E-state index contributed by atoms with van der Waals surface area (Å²) in [7, 11) is 0. The molecule has 0 saturated heterocycles. The van der Waals surface area contributed by atoms with Gasteiger partial charge in [-0.3, -0.25) is 4.79 Å². The van der Waals surface area contributed by atoms with Crippen molar-refractivity contribution in [2.45, 2.75) is 12.2 Å². The summed E-state index contributed by atoms with van der Waals surface area (Å²) in [5.74, 6) is 0. The van der Waals surface area contributed by atoms with Gasteiger partial charge in [0.1, 0.15) is 12.9 Å². The number of hydrogen-bond donors (Lipinski definition) is 0. The van der Waals surface area contributed by atoms with Gasteiger partial charge in [0, 0.05) is 17.5 Å². The first-order valence-electron chi connectivity index (χ1n) is 4.14. The monoisotopic (exact) mass is 212 g/mol. The van der Waals surface area contributed by atoms with E-state index in [1.165, 1.54) is 6.33 Å². The number of aromatic nitrogens is 2. The van der Waals surface area contributed by atoms with E-state index in [-0.39, 0.29) is 5.25 Å². The summed E-state index contributed by atoms with van der Waals surface area (Å²) < 4.78 is 4.74. The van der Waals surface area contributed by atoms with Crippen LogP contribution in [0.2, 0.25) is 0 Å². The van der Waals surface area contributed by atoms with Crippen LogP contribution < -0.4 is 0 Å². The van der Waals surface area contributed by atoms with E-state index in [1.807, 2.05) is 13.2 Å². The maximum atomic E-state index is 10.1. The Balaban J connectivity index is 2.78. The number of thioether (sulfide) groups is 1. The highest BCUT2D eigenvalue weighted by molar-refractivity contribution is 7.98. The molecule has 0 bridgehead atoms. The molecule has 5 heteroatoms. The van der Waals surface area contributed by atoms with Gasteiger partial charge in [-0.15, -0.1) is 0 Å². The van der Waals surface area contributed by atoms with E-state index in [2.05, 4.69) is 9.97 Å². The second-order valence-corrected chi connectivity index (χ2v) is 3.76. The van der Waals surface area contributed by atoms with Crippen molar-refractivity contribution < 1.29 is 9.53 Å². The molecular formula is C9H12N2O2S. The molecule has 1 unspecified atom stereocenters. The molecule has 0 amide bonds. The second-order valence-electron chi connectivity index (χ2n) is 2.72. The van der Waals surface area contributed by atoms with E-state index in [0.29, 0.717) is 13.1 Å². The van der Waals surface area contributed by atoms with Crippen molar-refractivity contribution in [3.63, 3.8) is 0 Å². The van der Waals surface area contributed by atoms with Crippen molar-refractivity contribution in [1.82, 2.24) is 9.97 Å². The largest absolute Gasteiger partial charge is 0.466 e. The molecule has 0 saturated carbocycles. The Morgan fingerprint density at radius 1 is 1.71 bits per heavy atom. The van der Waals surface area contributed by atoms with Gasteiger partial charge in [-0.2, -0.15) is 11.8 Å². The summed E-state index contributed by atoms with van der Waals surface area (Å²) in [5.41, 5.74) is 1.94. The molecule has 0 fully saturated rings. The second kappa shape index (κ2) is 5.59. The highest BCUT2D eigenvalue weighted by Gasteiger charge is 2.13. The predicted octanol–water partition coefficient (Wildman–Crippen LogP) is 1.36. The smallest absolute Gasteiger partial charge is 0.293 e. The summed E-state index contributed by atoms with van der Waals surface area (Å²) in [4.78, 5) is 18.1. The van der Waals surface area contributed by atoms with Crippen LogP contribution >= 0.6 is 11.8 Å². The van der Waals surface area contributed by atoms with Crippen LogP contribution in [0, 0.1) is 6.92 Å². The van der Waals surface area contributed by atoms with Crippen molar-refractivity contribution in [3.05, 3.63) is 23.8 Å². The molecule has 0 aliphatic heterocycles. The maximum Gasteiger partial charge on any atom is 0.293 e. The molecule has 1 aromatic rings. The van der Waals surface area contributed by atoms with Crippen LogP contribution in [0.4, 0.5) is 0 Å². The molecule has 0 radical (unpaired) electrons. The standard InChI is InChI=1S/C9H12N2O2S/c1-7-8(3-10-5-11-7)9(14-2)4-13-6-12/h3,5-6,9H,4H2,1-2H3. The Morgan fingerprint density at radius 3 is 3.07 bits per heavy atom. The van der Waals surface area contributed by atoms with Crippen LogP contribution in [-0.2, 0) is 9.53 Å². The first-order valence-corrected chi connectivity index (χ1v) is 5.43. The number of hydrogen-bond acceptors (Lipinski definition) is 5. The van der Waals surface area contributed by atoms with Crippen LogP contribution in [0.3, 0.4) is 0 Å². The van der Waals surface area contributed by atoms with Crippen molar-refractivity contribution in [2.24, 2.45) is 0 Å². The lowest BCUT2D eigenvalue weighted by molar-refractivity contribution is -0.128. The lowest BCUT2D eigenvalue weighted by Gasteiger charge is -2.14. The van der Waals surface area contributed by atoms with Gasteiger partial charge in [-0.25, -0.2) is 9.97 Å². The Labute approximate surface area is 87.1 Å². The van der Waals surface area contributed by atoms with Crippen molar-refractivity contribution >= 4 is 18.2 Å². The van der Waals surface area contributed by atoms with Gasteiger partial charge in [-0.1, -0.05) is 0 Å². The molecule has 14 heavy (non-hydrogen) atoms. The Morgan fingerprint density at radius 2 is 2.50 bits per heavy atom. The highest BCUT2D eigenvalue weighted by atomic mass is 32.2. The third kappa shape index (κ3) is 2.70. The van der Waals surface area contributed by atoms with Gasteiger partial charge < -0.3 is 4.74 Å². The quantitative estimate of drug-likeness (QED) is 0.690. The minimum Gasteiger partial charge on any atom is -0.466 e. The van der Waals surface area contributed by atoms with Crippen LogP contribution in [0.25, 0.3) is 0 Å². The van der Waals surface area contributed by atoms with Gasteiger partial charge in [0.05, 0.1) is 5.25 Å². The molecule has 0 aromatic carbocycles. The van der Waals surface area contributed by atoms with Gasteiger partial charge in [0.2, 0.25) is 0 Å². The van der Waals surface area contributed by atoms with Crippen molar-refractivity contribution in [3.8, 4) is 0 Å². The SMILES string of the molecule is CSC(COC=O)c1cncnc1C. The van der Waals surface area contributed by atoms with E-state index in [1.54, 1.807) is 18.0 Å². The van der Waals surface area contributed by atoms with Gasteiger partial charge in [0.25, 0.3) is 6.47 Å². The first kappa shape index (κ1) is 11.0. The summed E-state index contributed by atoms with van der Waals surface area (Å²) in [6.45, 7) is 2.74. The fourth-order valence-electron chi connectivity index (χ4n) is 1.13. The average Bonchev–Trinajstić information content (AvgIpc) is 2.21. The normalized spacial score (nSPS) is 12.1. The number of nitrogens with zero attached hydrogens (tertiary/aromatic N) is 2. The van der Waals surface area contributed by atoms with Crippen molar-refractivity contribution in [1.29, 1.82) is 0 Å². The summed E-state index contributed by atoms with van der Waals surface area (Å²) in [6.07, 6.45) is 5.24. The zero-order chi connectivity index (χ0) is 10.4. The number of carbonyl (C=O) groups excluding carboxylic acids is 1. The third-order valence-corrected chi connectivity index (χ3v) is 2.86. The number of carbonyl (C=O) groups is 1. The minimum absolute atomic E-state index is 0.112. The van der Waals surface area contributed by atoms with Crippen molar-refractivity contribution in [2.75, 3.05) is 12.9 Å². The molecule has 1 aromatic heterocycles. The summed E-state index contributed by atoms with van der Waals surface area (Å²) >= 11 is 1.61. The van der Waals surface area contributed by atoms with E-state index in [0.717, 1.165) is 11.3 Å². The van der Waals surface area contributed by atoms with E-state index < -0.39 is 0 Å². The molecule has 1 atom stereocenters. The van der Waals surface area contributed by atoms with Gasteiger partial charge >= 0.3 is 0 Å². The van der Waals surface area contributed by atoms with E-state index in [9.17, 15) is 4.79 Å². The zero-order valence-electron chi connectivity index (χ0n) is 8.14. The molecule has 1 heterocycles. The average molecular weight is 212 g/mol. The number of aryl methyl sites for hydroxylation is 1. The zero-order valence-corrected chi connectivity index (χ0v) is 8.95. The van der Waals surface area contributed by atoms with E-state index in [4.69, 9.17) is 4.74 Å². The summed E-state index contributed by atoms with van der Waals surface area (Å²) in [5, 5.41) is 0.112. The maximum absolute atomic E-state index is 10.1. The van der Waals surface area contributed by atoms with Crippen LogP contribution in [-0.4, -0.2) is 29.3 Å². The van der Waals surface area contributed by atoms with Gasteiger partial charge in [0.15, 0.2) is 0 Å². The van der Waals surface area contributed by atoms with Crippen LogP contribution in [0.5, 0.6) is 0 Å². The molecule has 0 N–H and O–H groups in total. The lowest BCUT2D eigenvalue weighted by atomic mass is 10.2. The van der Waals surface area contributed by atoms with E-state index >= 15 is 0 Å². The first-order chi connectivity index (χ1) is 6.79. The summed E-state index contributed by atoms with van der Waals surface area (Å²) in [6, 6.07) is 0. The topological polar surface area (TPSA) is 52.1 Å². The Bertz CT molecular complexity index is 307.